The molecular formula is C25H22ClF3N6O2. The van der Waals surface area contributed by atoms with E-state index in [1.807, 2.05) is 6.07 Å². The summed E-state index contributed by atoms with van der Waals surface area (Å²) in [5.41, 5.74) is 11.3. The zero-order valence-corrected chi connectivity index (χ0v) is 20.2. The minimum Gasteiger partial charge on any atom is -0.398 e. The maximum absolute atomic E-state index is 14.0. The van der Waals surface area contributed by atoms with Gasteiger partial charge in [-0.1, -0.05) is 23.7 Å². The second kappa shape index (κ2) is 9.78. The molecular weight excluding hydrogens is 509 g/mol. The first-order valence-corrected chi connectivity index (χ1v) is 11.6. The molecule has 37 heavy (non-hydrogen) atoms. The third-order valence-electron chi connectivity index (χ3n) is 6.37. The Morgan fingerprint density at radius 1 is 1.14 bits per heavy atom. The second-order valence-corrected chi connectivity index (χ2v) is 9.35. The number of alkyl halides is 2. The van der Waals surface area contributed by atoms with Crippen LogP contribution in [-0.2, 0) is 10.3 Å². The fraction of sp³-hybridized carbons (Fsp3) is 0.280. The predicted molar refractivity (Wildman–Crippen MR) is 131 cm³/mol. The largest absolute Gasteiger partial charge is 0.398 e. The van der Waals surface area contributed by atoms with E-state index in [1.54, 1.807) is 12.1 Å². The van der Waals surface area contributed by atoms with Crippen LogP contribution in [0.15, 0.2) is 53.0 Å². The number of amides is 3. The summed E-state index contributed by atoms with van der Waals surface area (Å²) < 4.78 is 41.5. The molecule has 2 aromatic carbocycles. The number of nitrogens with two attached hydrogens (primary N) is 2. The molecule has 1 aliphatic heterocycles. The highest BCUT2D eigenvalue weighted by Crippen LogP contribution is 2.51. The van der Waals surface area contributed by atoms with E-state index in [4.69, 9.17) is 28.3 Å². The van der Waals surface area contributed by atoms with Gasteiger partial charge in [-0.15, -0.1) is 0 Å². The topological polar surface area (TPSA) is 138 Å². The highest BCUT2D eigenvalue weighted by Gasteiger charge is 2.58. The molecule has 1 heterocycles. The van der Waals surface area contributed by atoms with E-state index in [-0.39, 0.29) is 47.2 Å². The van der Waals surface area contributed by atoms with Crippen molar-refractivity contribution in [2.24, 2.45) is 16.5 Å². The van der Waals surface area contributed by atoms with Crippen molar-refractivity contribution in [1.82, 2.24) is 10.2 Å². The van der Waals surface area contributed by atoms with Gasteiger partial charge in [-0.3, -0.25) is 9.79 Å². The highest BCUT2D eigenvalue weighted by molar-refractivity contribution is 6.31. The smallest absolute Gasteiger partial charge is 0.318 e. The van der Waals surface area contributed by atoms with Crippen molar-refractivity contribution in [2.45, 2.75) is 24.3 Å². The van der Waals surface area contributed by atoms with E-state index in [9.17, 15) is 22.8 Å². The van der Waals surface area contributed by atoms with Crippen LogP contribution in [-0.4, -0.2) is 48.1 Å². The molecule has 0 spiro atoms. The number of primary amides is 1. The van der Waals surface area contributed by atoms with Crippen LogP contribution in [0.2, 0.25) is 5.02 Å². The number of nitrogens with zero attached hydrogens (tertiary/aromatic N) is 3. The number of aliphatic imine (C=N–C) groups is 1. The van der Waals surface area contributed by atoms with E-state index in [2.05, 4.69) is 10.3 Å². The third kappa shape index (κ3) is 5.24. The van der Waals surface area contributed by atoms with Gasteiger partial charge in [-0.25, -0.2) is 18.0 Å². The van der Waals surface area contributed by atoms with Crippen molar-refractivity contribution in [3.63, 3.8) is 0 Å². The molecule has 3 amide bonds. The molecule has 12 heteroatoms. The number of urea groups is 1. The molecule has 8 nitrogen and oxygen atoms in total. The van der Waals surface area contributed by atoms with Gasteiger partial charge >= 0.3 is 6.03 Å². The lowest BCUT2D eigenvalue weighted by Crippen LogP contribution is -2.62. The average molecular weight is 531 g/mol. The summed E-state index contributed by atoms with van der Waals surface area (Å²) in [4.78, 5) is 31.1. The van der Waals surface area contributed by atoms with Crippen molar-refractivity contribution in [1.29, 1.82) is 5.26 Å². The van der Waals surface area contributed by atoms with Gasteiger partial charge in [0.25, 0.3) is 11.8 Å². The average Bonchev–Trinajstić information content (AvgIpc) is 2.84. The van der Waals surface area contributed by atoms with E-state index < -0.39 is 42.1 Å². The molecule has 0 radical (unpaired) electrons. The molecule has 0 aromatic heterocycles. The van der Waals surface area contributed by atoms with Gasteiger partial charge in [-0.2, -0.15) is 5.26 Å². The molecule has 0 atom stereocenters. The molecule has 1 fully saturated rings. The summed E-state index contributed by atoms with van der Waals surface area (Å²) >= 11 is 5.83. The van der Waals surface area contributed by atoms with Crippen molar-refractivity contribution < 1.29 is 22.8 Å². The van der Waals surface area contributed by atoms with Crippen LogP contribution in [0.5, 0.6) is 0 Å². The number of benzene rings is 2. The molecule has 192 valence electrons. The Labute approximate surface area is 215 Å². The van der Waals surface area contributed by atoms with Gasteiger partial charge in [0, 0.05) is 19.4 Å². The maximum Gasteiger partial charge on any atom is 0.318 e. The van der Waals surface area contributed by atoms with Gasteiger partial charge < -0.3 is 21.7 Å². The Hall–Kier alpha value is -4.04. The van der Waals surface area contributed by atoms with Gasteiger partial charge in [0.2, 0.25) is 0 Å². The van der Waals surface area contributed by atoms with Crippen LogP contribution in [0.1, 0.15) is 29.5 Å². The standard InChI is InChI=1S/C25H22ClF3N6O2/c26-17-9-15(3-6-18(17)27)21(31)20(22(32)36)19-11-35(8-7-33-19)23(37)34-24(12-25(28,29)13-24)16-4-1-14(10-30)2-5-16/h1-6,9H,7-8,11-13,31H2,(H2,32,36)(H,34,37). The summed E-state index contributed by atoms with van der Waals surface area (Å²) in [6.07, 6.45) is -1.20. The van der Waals surface area contributed by atoms with Gasteiger partial charge in [0.1, 0.15) is 5.82 Å². The van der Waals surface area contributed by atoms with Crippen LogP contribution in [0, 0.1) is 17.1 Å². The number of carbonyl (C=O) groups excluding carboxylic acids is 2. The summed E-state index contributed by atoms with van der Waals surface area (Å²) in [5.74, 6) is -4.54. The molecule has 4 rings (SSSR count). The van der Waals surface area contributed by atoms with Crippen LogP contribution >= 0.6 is 11.6 Å². The van der Waals surface area contributed by atoms with Crippen molar-refractivity contribution >= 4 is 34.9 Å². The van der Waals surface area contributed by atoms with Crippen LogP contribution < -0.4 is 16.8 Å². The quantitative estimate of drug-likeness (QED) is 0.511. The summed E-state index contributed by atoms with van der Waals surface area (Å²) in [6.45, 7) is 0.0973. The zero-order valence-electron chi connectivity index (χ0n) is 19.4. The Morgan fingerprint density at radius 2 is 1.81 bits per heavy atom. The molecule has 5 N–H and O–H groups in total. The van der Waals surface area contributed by atoms with Crippen LogP contribution in [0.25, 0.3) is 5.70 Å². The molecule has 1 saturated carbocycles. The lowest BCUT2D eigenvalue weighted by Gasteiger charge is -2.49. The number of rotatable bonds is 5. The molecule has 0 saturated heterocycles. The molecule has 1 aliphatic carbocycles. The summed E-state index contributed by atoms with van der Waals surface area (Å²) in [5, 5.41) is 11.5. The van der Waals surface area contributed by atoms with Crippen LogP contribution in [0.4, 0.5) is 18.0 Å². The SMILES string of the molecule is N#Cc1ccc(C2(NC(=O)N3CCN=C(C(C(N)=O)=C(N)c4ccc(F)c(Cl)c4)C3)CC(F)(F)C2)cc1. The number of hydrogen-bond acceptors (Lipinski definition) is 5. The highest BCUT2D eigenvalue weighted by atomic mass is 35.5. The predicted octanol–water partition coefficient (Wildman–Crippen LogP) is 3.30. The fourth-order valence-corrected chi connectivity index (χ4v) is 4.71. The first kappa shape index (κ1) is 26.0. The van der Waals surface area contributed by atoms with Crippen molar-refractivity contribution in [2.75, 3.05) is 19.6 Å². The molecule has 0 bridgehead atoms. The minimum absolute atomic E-state index is 0.0944. The van der Waals surface area contributed by atoms with Gasteiger partial charge in [0.15, 0.2) is 0 Å². The van der Waals surface area contributed by atoms with Gasteiger partial charge in [-0.05, 0) is 41.5 Å². The molecule has 0 unspecified atom stereocenters. The minimum atomic E-state index is -2.96. The molecule has 2 aliphatic rings. The van der Waals surface area contributed by atoms with Crippen molar-refractivity contribution in [3.8, 4) is 6.07 Å². The number of hydrogen-bond donors (Lipinski definition) is 3. The summed E-state index contributed by atoms with van der Waals surface area (Å²) in [7, 11) is 0. The Balaban J connectivity index is 1.58. The lowest BCUT2D eigenvalue weighted by molar-refractivity contribution is -0.134. The number of nitriles is 1. The monoisotopic (exact) mass is 530 g/mol. The number of carbonyl (C=O) groups is 2. The first-order chi connectivity index (χ1) is 17.4. The second-order valence-electron chi connectivity index (χ2n) is 8.94. The first-order valence-electron chi connectivity index (χ1n) is 11.2. The fourth-order valence-electron chi connectivity index (χ4n) is 4.53. The molecule has 2 aromatic rings. The number of halogens is 4. The van der Waals surface area contributed by atoms with Gasteiger partial charge in [0.05, 0.1) is 52.3 Å². The van der Waals surface area contributed by atoms with E-state index in [0.717, 1.165) is 6.07 Å². The summed E-state index contributed by atoms with van der Waals surface area (Å²) in [6, 6.07) is 11.1. The van der Waals surface area contributed by atoms with Crippen molar-refractivity contribution in [3.05, 3.63) is 75.6 Å². The third-order valence-corrected chi connectivity index (χ3v) is 6.66. The maximum atomic E-state index is 14.0. The van der Waals surface area contributed by atoms with Crippen LogP contribution in [0.3, 0.4) is 0 Å². The van der Waals surface area contributed by atoms with E-state index in [1.165, 1.54) is 29.2 Å². The van der Waals surface area contributed by atoms with E-state index in [0.29, 0.717) is 11.1 Å². The number of nitrogens with one attached hydrogen (secondary N) is 1. The Morgan fingerprint density at radius 3 is 2.38 bits per heavy atom. The zero-order chi connectivity index (χ0) is 27.0. The lowest BCUT2D eigenvalue weighted by atomic mass is 9.69. The Kier molecular flexibility index (Phi) is 6.88. The van der Waals surface area contributed by atoms with E-state index >= 15 is 0 Å². The Bertz CT molecular complexity index is 1360. The normalized spacial score (nSPS) is 18.6.